The molecule has 452 valence electrons. The molecule has 2 heterocycles. The second-order valence-electron chi connectivity index (χ2n) is 22.3. The Labute approximate surface area is 596 Å². The van der Waals surface area contributed by atoms with Gasteiger partial charge in [-0.25, -0.2) is 0 Å². The van der Waals surface area contributed by atoms with E-state index in [-0.39, 0.29) is 40.1 Å². The van der Waals surface area contributed by atoms with Crippen molar-refractivity contribution in [3.8, 4) is 55.9 Å². The molecule has 0 radical (unpaired) electrons. The first-order chi connectivity index (χ1) is 58.9. The summed E-state index contributed by atoms with van der Waals surface area (Å²) < 4.78 is 245. The lowest BCUT2D eigenvalue weighted by Crippen LogP contribution is -2.11. The minimum atomic E-state index is -1.02. The van der Waals surface area contributed by atoms with Gasteiger partial charge in [0, 0.05) is 66.2 Å². The molecule has 0 fully saturated rings. The van der Waals surface area contributed by atoms with E-state index in [4.69, 9.17) is 24.7 Å². The Balaban J connectivity index is 0.000000176. The van der Waals surface area contributed by atoms with Crippen LogP contribution in [0.15, 0.2) is 388 Å². The van der Waals surface area contributed by atoms with E-state index in [0.717, 1.165) is 76.7 Å². The van der Waals surface area contributed by atoms with Crippen LogP contribution in [0.2, 0.25) is 0 Å². The van der Waals surface area contributed by atoms with Crippen molar-refractivity contribution in [3.05, 3.63) is 388 Å². The Morgan fingerprint density at radius 1 is 0.219 bits per heavy atom. The smallest absolute Gasteiger partial charge is 0.0645 e. The minimum absolute atomic E-state index is 0.0787. The zero-order chi connectivity index (χ0) is 87.2. The summed E-state index contributed by atoms with van der Waals surface area (Å²) >= 11 is 0. The van der Waals surface area contributed by atoms with E-state index in [0.29, 0.717) is 27.1 Å². The van der Waals surface area contributed by atoms with Crippen LogP contribution in [0.25, 0.3) is 121 Å². The number of nitrogens with zero attached hydrogens (tertiary/aromatic N) is 4. The van der Waals surface area contributed by atoms with Gasteiger partial charge in [0.05, 0.1) is 81.8 Å². The molecule has 18 rings (SSSR count). The Kier molecular flexibility index (Phi) is 9.21. The van der Waals surface area contributed by atoms with Gasteiger partial charge in [-0.15, -0.1) is 0 Å². The number of para-hydroxylation sites is 6. The molecule has 0 saturated carbocycles. The van der Waals surface area contributed by atoms with Crippen LogP contribution in [0.4, 0.5) is 34.1 Å². The third-order valence-corrected chi connectivity index (χ3v) is 16.9. The van der Waals surface area contributed by atoms with Crippen molar-refractivity contribution < 1.29 is 37.0 Å². The van der Waals surface area contributed by atoms with Crippen molar-refractivity contribution in [2.75, 3.05) is 9.80 Å². The van der Waals surface area contributed by atoms with Gasteiger partial charge in [0.2, 0.25) is 0 Å². The number of benzene rings is 16. The molecular formula is C92H64N4. The molecule has 2 aromatic heterocycles. The monoisotopic (exact) mass is 1250 g/mol. The number of fused-ring (bicyclic) bond motifs is 8. The average Bonchev–Trinajstić information content (AvgIpc) is 1.56. The fourth-order valence-corrected chi connectivity index (χ4v) is 12.7. The Hall–Kier alpha value is -12.8. The molecular weight excluding hydrogens is 1160 g/mol. The van der Waals surface area contributed by atoms with Crippen LogP contribution in [0.1, 0.15) is 37.0 Å². The third-order valence-electron chi connectivity index (χ3n) is 16.9. The molecule has 0 saturated heterocycles. The quantitative estimate of drug-likeness (QED) is 0.121. The molecule has 18 aromatic rings. The average molecular weight is 1250 g/mol. The van der Waals surface area contributed by atoms with Crippen LogP contribution >= 0.6 is 0 Å². The van der Waals surface area contributed by atoms with Crippen LogP contribution in [0, 0.1) is 0 Å². The summed E-state index contributed by atoms with van der Waals surface area (Å²) in [5.74, 6) is 0. The molecule has 0 atom stereocenters. The molecule has 0 unspecified atom stereocenters. The van der Waals surface area contributed by atoms with Crippen molar-refractivity contribution in [1.82, 2.24) is 9.13 Å². The summed E-state index contributed by atoms with van der Waals surface area (Å²) in [6.45, 7) is 0. The lowest BCUT2D eigenvalue weighted by Gasteiger charge is -2.28. The van der Waals surface area contributed by atoms with Crippen molar-refractivity contribution >= 4 is 99.3 Å². The standard InChI is InChI=1S/2C46H32N2/c2*1-3-14-34(15-4-1)39-21-9-11-23-43(39)47(37-18-5-2-6-19-37)38-29-26-33(27-30-38)36-28-31-46-42(32-36)41-22-10-12-24-45(41)48(46)44-25-13-17-35-16-7-8-20-40(35)44/h2*1-32H/i1D,2D,3D,4D,5D,6D,9D,11D,14D,15D,18D,19D,21D,23D,26D,27D,29D,30D;2D,5D,6D,18D,19D,26D,27D,29D,30D. The van der Waals surface area contributed by atoms with E-state index in [1.807, 2.05) is 158 Å². The zero-order valence-corrected chi connectivity index (χ0v) is 50.7. The highest BCUT2D eigenvalue weighted by Crippen LogP contribution is 2.45. The summed E-state index contributed by atoms with van der Waals surface area (Å²) in [5, 5.41) is 7.55. The first-order valence-electron chi connectivity index (χ1n) is 44.2. The maximum Gasteiger partial charge on any atom is 0.0645 e. The van der Waals surface area contributed by atoms with E-state index in [2.05, 4.69) is 39.5 Å². The highest BCUT2D eigenvalue weighted by Gasteiger charge is 2.22. The lowest BCUT2D eigenvalue weighted by molar-refractivity contribution is 1.20. The number of rotatable bonds is 12. The van der Waals surface area contributed by atoms with Crippen LogP contribution in [-0.4, -0.2) is 9.13 Å². The largest absolute Gasteiger partial charge is 0.310 e. The predicted octanol–water partition coefficient (Wildman–Crippen LogP) is 25.5. The van der Waals surface area contributed by atoms with Gasteiger partial charge >= 0.3 is 0 Å². The van der Waals surface area contributed by atoms with Gasteiger partial charge in [0.1, 0.15) is 0 Å². The van der Waals surface area contributed by atoms with Crippen LogP contribution in [0.3, 0.4) is 0 Å². The summed E-state index contributed by atoms with van der Waals surface area (Å²) in [6, 6.07) is 50.7. The predicted molar refractivity (Wildman–Crippen MR) is 408 cm³/mol. The number of hydrogen-bond acceptors (Lipinski definition) is 2. The van der Waals surface area contributed by atoms with Gasteiger partial charge in [0.15, 0.2) is 0 Å². The molecule has 0 spiro atoms. The van der Waals surface area contributed by atoms with Gasteiger partial charge in [0.25, 0.3) is 0 Å². The Morgan fingerprint density at radius 3 is 1.15 bits per heavy atom. The highest BCUT2D eigenvalue weighted by atomic mass is 15.2. The van der Waals surface area contributed by atoms with Crippen molar-refractivity contribution in [1.29, 1.82) is 0 Å². The normalized spacial score (nSPS) is 15.3. The molecule has 0 aliphatic heterocycles. The van der Waals surface area contributed by atoms with Gasteiger partial charge in [-0.05, 0) is 153 Å². The molecule has 16 aromatic carbocycles. The van der Waals surface area contributed by atoms with Gasteiger partial charge < -0.3 is 18.9 Å². The Bertz CT molecular complexity index is 7420. The van der Waals surface area contributed by atoms with E-state index in [1.54, 1.807) is 36.4 Å². The minimum Gasteiger partial charge on any atom is -0.310 e. The third kappa shape index (κ3) is 10.5. The van der Waals surface area contributed by atoms with Gasteiger partial charge in [-0.3, -0.25) is 0 Å². The summed E-state index contributed by atoms with van der Waals surface area (Å²) in [6.07, 6.45) is 0. The SMILES string of the molecule is [2H]c1c([2H])c([2H])c(-c2c([2H])c([2H])c([2H])c([2H])c2N(c2c([2H])c([2H])c([2H])c([2H])c2[2H])c2c([2H])c([2H])c(-c3ccc4c(c3)c3ccccc3n4-c3cccc4ccccc34)c([2H])c2[2H])c([2H])c1[2H].[2H]c1c([2H])c([2H])c(N(c2ccccc2-c2ccccc2)c2c([2H])c([2H])c(-c3ccc4c(c3)c3ccccc3n4-c3cccc4ccccc34)c([2H])c2[2H])c([2H])c1[2H]. The highest BCUT2D eigenvalue weighted by molar-refractivity contribution is 6.13. The maximum atomic E-state index is 9.57. The van der Waals surface area contributed by atoms with Crippen molar-refractivity contribution in [2.45, 2.75) is 0 Å². The molecule has 0 amide bonds. The lowest BCUT2D eigenvalue weighted by atomic mass is 10.0. The molecule has 96 heavy (non-hydrogen) atoms. The second-order valence-corrected chi connectivity index (χ2v) is 22.3. The zero-order valence-electron chi connectivity index (χ0n) is 77.7. The summed E-state index contributed by atoms with van der Waals surface area (Å²) in [5.41, 5.74) is 3.04. The van der Waals surface area contributed by atoms with E-state index < -0.39 is 179 Å². The molecule has 0 bridgehead atoms. The fraction of sp³-hybridized carbons (Fsp3) is 0. The first-order valence-corrected chi connectivity index (χ1v) is 30.7. The fourth-order valence-electron chi connectivity index (χ4n) is 12.7. The second kappa shape index (κ2) is 25.0. The van der Waals surface area contributed by atoms with Crippen LogP contribution in [-0.2, 0) is 0 Å². The maximum absolute atomic E-state index is 9.57. The van der Waals surface area contributed by atoms with Crippen LogP contribution < -0.4 is 9.80 Å². The van der Waals surface area contributed by atoms with Crippen molar-refractivity contribution in [3.63, 3.8) is 0 Å². The molecule has 4 nitrogen and oxygen atoms in total. The number of anilines is 6. The van der Waals surface area contributed by atoms with E-state index >= 15 is 0 Å². The van der Waals surface area contributed by atoms with Crippen LogP contribution in [0.5, 0.6) is 0 Å². The molecule has 0 aliphatic carbocycles. The number of hydrogen-bond donors (Lipinski definition) is 0. The first kappa shape index (κ1) is 35.3. The van der Waals surface area contributed by atoms with Gasteiger partial charge in [-0.2, -0.15) is 0 Å². The number of aromatic nitrogens is 2. The topological polar surface area (TPSA) is 16.3 Å². The van der Waals surface area contributed by atoms with Gasteiger partial charge in [-0.1, -0.05) is 279 Å². The molecule has 4 heteroatoms. The van der Waals surface area contributed by atoms with E-state index in [9.17, 15) is 12.3 Å². The summed E-state index contributed by atoms with van der Waals surface area (Å²) in [4.78, 5) is 1.87. The summed E-state index contributed by atoms with van der Waals surface area (Å²) in [7, 11) is 0. The molecule has 0 aliphatic rings. The molecule has 0 N–H and O–H groups in total. The Morgan fingerprint density at radius 2 is 0.615 bits per heavy atom. The van der Waals surface area contributed by atoms with E-state index in [1.165, 1.54) is 4.90 Å². The van der Waals surface area contributed by atoms with Crippen molar-refractivity contribution in [2.24, 2.45) is 0 Å².